The average molecular weight is 372 g/mol. The van der Waals surface area contributed by atoms with E-state index < -0.39 is 18.0 Å². The third-order valence-corrected chi connectivity index (χ3v) is 4.57. The van der Waals surface area contributed by atoms with Crippen LogP contribution in [-0.4, -0.2) is 30.3 Å². The molecule has 0 unspecified atom stereocenters. The number of rotatable bonds is 5. The van der Waals surface area contributed by atoms with Crippen LogP contribution in [0.4, 0.5) is 5.69 Å². The standard InChI is InChI=1S/C20H18ClNO4/c1-13(19(24)14-7-9-16(21)10-8-14)26-20(25)15-11-18(23)22(12-15)17-5-3-2-4-6-17/h2-10,13,15H,11-12H2,1H3/t13-,15-/m1/s1. The fourth-order valence-corrected chi connectivity index (χ4v) is 3.02. The summed E-state index contributed by atoms with van der Waals surface area (Å²) >= 11 is 5.81. The van der Waals surface area contributed by atoms with E-state index in [4.69, 9.17) is 16.3 Å². The van der Waals surface area contributed by atoms with Crippen LogP contribution in [0.5, 0.6) is 0 Å². The molecule has 0 aliphatic carbocycles. The number of para-hydroxylation sites is 1. The van der Waals surface area contributed by atoms with Crippen molar-refractivity contribution in [1.29, 1.82) is 0 Å². The topological polar surface area (TPSA) is 63.7 Å². The van der Waals surface area contributed by atoms with Gasteiger partial charge >= 0.3 is 5.97 Å². The minimum atomic E-state index is -0.926. The first-order valence-electron chi connectivity index (χ1n) is 8.31. The highest BCUT2D eigenvalue weighted by molar-refractivity contribution is 6.30. The smallest absolute Gasteiger partial charge is 0.312 e. The van der Waals surface area contributed by atoms with Crippen LogP contribution < -0.4 is 4.90 Å². The first kappa shape index (κ1) is 18.1. The number of hydrogen-bond acceptors (Lipinski definition) is 4. The molecule has 0 bridgehead atoms. The maximum absolute atomic E-state index is 12.4. The number of anilines is 1. The summed E-state index contributed by atoms with van der Waals surface area (Å²) in [6.45, 7) is 1.78. The van der Waals surface area contributed by atoms with Gasteiger partial charge in [0, 0.05) is 29.2 Å². The van der Waals surface area contributed by atoms with Gasteiger partial charge in [-0.15, -0.1) is 0 Å². The Labute approximate surface area is 156 Å². The predicted octanol–water partition coefficient (Wildman–Crippen LogP) is 3.51. The van der Waals surface area contributed by atoms with Crippen molar-refractivity contribution in [3.8, 4) is 0 Å². The lowest BCUT2D eigenvalue weighted by Gasteiger charge is -2.17. The number of nitrogens with zero attached hydrogens (tertiary/aromatic N) is 1. The Kier molecular flexibility index (Phi) is 5.38. The number of hydrogen-bond donors (Lipinski definition) is 0. The monoisotopic (exact) mass is 371 g/mol. The molecule has 0 saturated carbocycles. The number of benzene rings is 2. The van der Waals surface area contributed by atoms with Crippen LogP contribution in [-0.2, 0) is 14.3 Å². The Morgan fingerprint density at radius 1 is 1.12 bits per heavy atom. The van der Waals surface area contributed by atoms with E-state index in [1.807, 2.05) is 30.3 Å². The van der Waals surface area contributed by atoms with Gasteiger partial charge < -0.3 is 9.64 Å². The lowest BCUT2D eigenvalue weighted by Crippen LogP contribution is -2.30. The molecule has 2 aromatic rings. The molecule has 2 atom stereocenters. The van der Waals surface area contributed by atoms with E-state index in [-0.39, 0.29) is 24.7 Å². The molecule has 3 rings (SSSR count). The summed E-state index contributed by atoms with van der Waals surface area (Å²) in [5.41, 5.74) is 1.17. The van der Waals surface area contributed by atoms with Crippen molar-refractivity contribution < 1.29 is 19.1 Å². The van der Waals surface area contributed by atoms with Gasteiger partial charge in [0.25, 0.3) is 0 Å². The maximum atomic E-state index is 12.4. The SMILES string of the molecule is C[C@@H](OC(=O)[C@@H]1CC(=O)N(c2ccccc2)C1)C(=O)c1ccc(Cl)cc1. The second-order valence-corrected chi connectivity index (χ2v) is 6.63. The minimum absolute atomic E-state index is 0.0790. The summed E-state index contributed by atoms with van der Waals surface area (Å²) in [7, 11) is 0. The largest absolute Gasteiger partial charge is 0.454 e. The van der Waals surface area contributed by atoms with Gasteiger partial charge in [-0.05, 0) is 43.3 Å². The van der Waals surface area contributed by atoms with Gasteiger partial charge in [0.1, 0.15) is 0 Å². The zero-order valence-corrected chi connectivity index (χ0v) is 15.0. The second-order valence-electron chi connectivity index (χ2n) is 6.19. The molecule has 134 valence electrons. The fraction of sp³-hybridized carbons (Fsp3) is 0.250. The molecule has 1 aliphatic rings. The molecule has 0 radical (unpaired) electrons. The molecule has 1 fully saturated rings. The van der Waals surface area contributed by atoms with Gasteiger partial charge in [-0.1, -0.05) is 29.8 Å². The van der Waals surface area contributed by atoms with E-state index >= 15 is 0 Å². The Morgan fingerprint density at radius 2 is 1.77 bits per heavy atom. The number of Topliss-reactive ketones (excluding diaryl/α,β-unsaturated/α-hetero) is 1. The van der Waals surface area contributed by atoms with Gasteiger partial charge in [-0.3, -0.25) is 14.4 Å². The quantitative estimate of drug-likeness (QED) is 0.596. The average Bonchev–Trinajstić information content (AvgIpc) is 3.04. The van der Waals surface area contributed by atoms with E-state index in [9.17, 15) is 14.4 Å². The normalized spacial score (nSPS) is 17.8. The maximum Gasteiger partial charge on any atom is 0.312 e. The van der Waals surface area contributed by atoms with Crippen LogP contribution >= 0.6 is 11.6 Å². The first-order valence-corrected chi connectivity index (χ1v) is 8.69. The highest BCUT2D eigenvalue weighted by Crippen LogP contribution is 2.26. The summed E-state index contributed by atoms with van der Waals surface area (Å²) in [5.74, 6) is -1.55. The molecule has 0 spiro atoms. The lowest BCUT2D eigenvalue weighted by atomic mass is 10.1. The second kappa shape index (κ2) is 7.70. The van der Waals surface area contributed by atoms with E-state index in [1.54, 1.807) is 29.2 Å². The number of carbonyl (C=O) groups is 3. The molecular weight excluding hydrogens is 354 g/mol. The molecule has 0 N–H and O–H groups in total. The molecule has 1 saturated heterocycles. The Balaban J connectivity index is 1.62. The van der Waals surface area contributed by atoms with Gasteiger partial charge in [-0.25, -0.2) is 0 Å². The van der Waals surface area contributed by atoms with Crippen LogP contribution in [0.25, 0.3) is 0 Å². The molecule has 1 heterocycles. The lowest BCUT2D eigenvalue weighted by molar-refractivity contribution is -0.151. The third-order valence-electron chi connectivity index (χ3n) is 4.32. The molecular formula is C20H18ClNO4. The summed E-state index contributed by atoms with van der Waals surface area (Å²) < 4.78 is 5.31. The van der Waals surface area contributed by atoms with Crippen molar-refractivity contribution in [3.63, 3.8) is 0 Å². The summed E-state index contributed by atoms with van der Waals surface area (Å²) in [5, 5.41) is 0.525. The van der Waals surface area contributed by atoms with E-state index in [1.165, 1.54) is 6.92 Å². The third kappa shape index (κ3) is 3.94. The highest BCUT2D eigenvalue weighted by atomic mass is 35.5. The number of amides is 1. The van der Waals surface area contributed by atoms with Gasteiger partial charge in [0.2, 0.25) is 11.7 Å². The zero-order chi connectivity index (χ0) is 18.7. The molecule has 1 aliphatic heterocycles. The fourth-order valence-electron chi connectivity index (χ4n) is 2.90. The van der Waals surface area contributed by atoms with Crippen molar-refractivity contribution in [1.82, 2.24) is 0 Å². The molecule has 26 heavy (non-hydrogen) atoms. The number of carbonyl (C=O) groups excluding carboxylic acids is 3. The van der Waals surface area contributed by atoms with Crippen molar-refractivity contribution in [3.05, 3.63) is 65.2 Å². The number of esters is 1. The van der Waals surface area contributed by atoms with Crippen LogP contribution in [0.2, 0.25) is 5.02 Å². The van der Waals surface area contributed by atoms with Gasteiger partial charge in [-0.2, -0.15) is 0 Å². The van der Waals surface area contributed by atoms with Crippen LogP contribution in [0.3, 0.4) is 0 Å². The van der Waals surface area contributed by atoms with E-state index in [0.29, 0.717) is 10.6 Å². The summed E-state index contributed by atoms with van der Waals surface area (Å²) in [6, 6.07) is 15.6. The molecule has 0 aromatic heterocycles. The summed E-state index contributed by atoms with van der Waals surface area (Å²) in [6.07, 6.45) is -0.847. The van der Waals surface area contributed by atoms with Crippen molar-refractivity contribution in [2.75, 3.05) is 11.4 Å². The van der Waals surface area contributed by atoms with Crippen LogP contribution in [0.15, 0.2) is 54.6 Å². The zero-order valence-electron chi connectivity index (χ0n) is 14.2. The van der Waals surface area contributed by atoms with E-state index in [2.05, 4.69) is 0 Å². The van der Waals surface area contributed by atoms with Gasteiger partial charge in [0.05, 0.1) is 5.92 Å². The number of ether oxygens (including phenoxy) is 1. The highest BCUT2D eigenvalue weighted by Gasteiger charge is 2.37. The Hall–Kier alpha value is -2.66. The van der Waals surface area contributed by atoms with E-state index in [0.717, 1.165) is 5.69 Å². The van der Waals surface area contributed by atoms with Crippen molar-refractivity contribution >= 4 is 34.9 Å². The van der Waals surface area contributed by atoms with Crippen LogP contribution in [0.1, 0.15) is 23.7 Å². The predicted molar refractivity (Wildman–Crippen MR) is 98.2 cm³/mol. The van der Waals surface area contributed by atoms with Gasteiger partial charge in [0.15, 0.2) is 6.10 Å². The molecule has 1 amide bonds. The first-order chi connectivity index (χ1) is 12.5. The Bertz CT molecular complexity index is 819. The summed E-state index contributed by atoms with van der Waals surface area (Å²) in [4.78, 5) is 38.5. The van der Waals surface area contributed by atoms with Crippen molar-refractivity contribution in [2.45, 2.75) is 19.4 Å². The molecule has 6 heteroatoms. The minimum Gasteiger partial charge on any atom is -0.454 e. The van der Waals surface area contributed by atoms with Crippen LogP contribution in [0, 0.1) is 5.92 Å². The molecule has 5 nitrogen and oxygen atoms in total. The van der Waals surface area contributed by atoms with Crippen molar-refractivity contribution in [2.24, 2.45) is 5.92 Å². The number of ketones is 1. The molecule has 2 aromatic carbocycles. The Morgan fingerprint density at radius 3 is 2.42 bits per heavy atom. The number of halogens is 1.